The number of hydrogen-bond donors (Lipinski definition) is 2. The van der Waals surface area contributed by atoms with Crippen LogP contribution in [0.15, 0.2) is 30.3 Å². The van der Waals surface area contributed by atoms with Crippen LogP contribution in [0.25, 0.3) is 0 Å². The molecule has 0 spiro atoms. The molecule has 0 aliphatic carbocycles. The van der Waals surface area contributed by atoms with Gasteiger partial charge < -0.3 is 10.5 Å². The molecule has 2 aromatic rings. The maximum atomic E-state index is 11.6. The molecular formula is C15H16N2O3S. The summed E-state index contributed by atoms with van der Waals surface area (Å²) < 4.78 is 5.31. The second kappa shape index (κ2) is 6.41. The third kappa shape index (κ3) is 3.61. The number of amides is 2. The van der Waals surface area contributed by atoms with Gasteiger partial charge in [-0.3, -0.25) is 10.1 Å². The van der Waals surface area contributed by atoms with Gasteiger partial charge in [-0.05, 0) is 24.6 Å². The predicted octanol–water partition coefficient (Wildman–Crippen LogP) is 3.04. The fraction of sp³-hybridized carbons (Fsp3) is 0.200. The lowest BCUT2D eigenvalue weighted by Crippen LogP contribution is -2.19. The SMILES string of the molecule is COc1ccccc1Cc1cc(C(C)=O)c(NC(N)=O)s1. The quantitative estimate of drug-likeness (QED) is 0.833. The maximum absolute atomic E-state index is 11.6. The molecular weight excluding hydrogens is 288 g/mol. The number of ketones is 1. The lowest BCUT2D eigenvalue weighted by atomic mass is 10.1. The fourth-order valence-corrected chi connectivity index (χ4v) is 3.16. The van der Waals surface area contributed by atoms with Crippen molar-refractivity contribution in [3.63, 3.8) is 0 Å². The molecule has 1 aromatic heterocycles. The lowest BCUT2D eigenvalue weighted by Gasteiger charge is -2.06. The minimum absolute atomic E-state index is 0.110. The van der Waals surface area contributed by atoms with E-state index in [1.54, 1.807) is 13.2 Å². The Hall–Kier alpha value is -2.34. The minimum atomic E-state index is -0.678. The average Bonchev–Trinajstić information content (AvgIpc) is 2.81. The largest absolute Gasteiger partial charge is 0.496 e. The van der Waals surface area contributed by atoms with Crippen LogP contribution >= 0.6 is 11.3 Å². The van der Waals surface area contributed by atoms with Crippen molar-refractivity contribution >= 4 is 28.2 Å². The molecule has 0 bridgehead atoms. The molecule has 1 aromatic carbocycles. The van der Waals surface area contributed by atoms with Crippen molar-refractivity contribution in [2.75, 3.05) is 12.4 Å². The maximum Gasteiger partial charge on any atom is 0.317 e. The molecule has 2 rings (SSSR count). The van der Waals surface area contributed by atoms with E-state index in [4.69, 9.17) is 10.5 Å². The topological polar surface area (TPSA) is 81.4 Å². The van der Waals surface area contributed by atoms with Crippen molar-refractivity contribution in [3.05, 3.63) is 46.3 Å². The van der Waals surface area contributed by atoms with Gasteiger partial charge in [-0.25, -0.2) is 4.79 Å². The van der Waals surface area contributed by atoms with Gasteiger partial charge in [0.25, 0.3) is 0 Å². The number of nitrogens with two attached hydrogens (primary N) is 1. The molecule has 110 valence electrons. The Kier molecular flexibility index (Phi) is 4.59. The number of methoxy groups -OCH3 is 1. The van der Waals surface area contributed by atoms with Gasteiger partial charge in [0.1, 0.15) is 10.8 Å². The Bertz CT molecular complexity index is 679. The van der Waals surface area contributed by atoms with Crippen LogP contribution in [0, 0.1) is 0 Å². The Morgan fingerprint density at radius 1 is 1.33 bits per heavy atom. The van der Waals surface area contributed by atoms with E-state index < -0.39 is 6.03 Å². The first-order valence-corrected chi connectivity index (χ1v) is 7.15. The Balaban J connectivity index is 2.32. The smallest absolute Gasteiger partial charge is 0.317 e. The monoisotopic (exact) mass is 304 g/mol. The number of Topliss-reactive ketones (excluding diaryl/α,β-unsaturated/α-hetero) is 1. The van der Waals surface area contributed by atoms with Crippen LogP contribution in [0.3, 0.4) is 0 Å². The Morgan fingerprint density at radius 2 is 2.05 bits per heavy atom. The number of nitrogens with one attached hydrogen (secondary N) is 1. The summed E-state index contributed by atoms with van der Waals surface area (Å²) >= 11 is 1.34. The molecule has 0 atom stereocenters. The second-order valence-corrected chi connectivity index (χ2v) is 5.63. The number of ether oxygens (including phenoxy) is 1. The molecule has 0 aliphatic rings. The van der Waals surface area contributed by atoms with Crippen LogP contribution in [0.2, 0.25) is 0 Å². The standard InChI is InChI=1S/C15H16N2O3S/c1-9(18)12-8-11(21-14(12)17-15(16)19)7-10-5-3-4-6-13(10)20-2/h3-6,8H,7H2,1-2H3,(H3,16,17,19). The molecule has 5 nitrogen and oxygen atoms in total. The number of anilines is 1. The Labute approximate surface area is 126 Å². The zero-order valence-corrected chi connectivity index (χ0v) is 12.6. The predicted molar refractivity (Wildman–Crippen MR) is 83.3 cm³/mol. The molecule has 2 amide bonds. The number of para-hydroxylation sites is 1. The highest BCUT2D eigenvalue weighted by atomic mass is 32.1. The van der Waals surface area contributed by atoms with E-state index in [0.29, 0.717) is 17.0 Å². The van der Waals surface area contributed by atoms with Gasteiger partial charge in [0.05, 0.1) is 12.7 Å². The first-order chi connectivity index (χ1) is 10.0. The van der Waals surface area contributed by atoms with E-state index >= 15 is 0 Å². The summed E-state index contributed by atoms with van der Waals surface area (Å²) in [7, 11) is 1.62. The molecule has 0 saturated carbocycles. The zero-order chi connectivity index (χ0) is 15.4. The first-order valence-electron chi connectivity index (χ1n) is 6.33. The third-order valence-corrected chi connectivity index (χ3v) is 4.01. The van der Waals surface area contributed by atoms with Crippen LogP contribution in [-0.2, 0) is 6.42 Å². The number of hydrogen-bond acceptors (Lipinski definition) is 4. The molecule has 0 radical (unpaired) electrons. The van der Waals surface area contributed by atoms with Crippen molar-refractivity contribution < 1.29 is 14.3 Å². The number of benzene rings is 1. The molecule has 0 saturated heterocycles. The summed E-state index contributed by atoms with van der Waals surface area (Å²) in [5.41, 5.74) is 6.62. The third-order valence-electron chi connectivity index (χ3n) is 2.96. The number of primary amides is 1. The van der Waals surface area contributed by atoms with Gasteiger partial charge in [-0.15, -0.1) is 11.3 Å². The molecule has 21 heavy (non-hydrogen) atoms. The number of carbonyl (C=O) groups is 2. The van der Waals surface area contributed by atoms with E-state index in [1.807, 2.05) is 24.3 Å². The second-order valence-electron chi connectivity index (χ2n) is 4.49. The van der Waals surface area contributed by atoms with Crippen LogP contribution in [-0.4, -0.2) is 18.9 Å². The normalized spacial score (nSPS) is 10.2. The van der Waals surface area contributed by atoms with E-state index in [1.165, 1.54) is 18.3 Å². The molecule has 0 aliphatic heterocycles. The van der Waals surface area contributed by atoms with Crippen molar-refractivity contribution in [2.45, 2.75) is 13.3 Å². The molecule has 3 N–H and O–H groups in total. The summed E-state index contributed by atoms with van der Waals surface area (Å²) in [4.78, 5) is 23.6. The summed E-state index contributed by atoms with van der Waals surface area (Å²) in [5.74, 6) is 0.681. The fourth-order valence-electron chi connectivity index (χ4n) is 2.03. The van der Waals surface area contributed by atoms with Crippen molar-refractivity contribution in [1.82, 2.24) is 0 Å². The highest BCUT2D eigenvalue weighted by molar-refractivity contribution is 7.16. The van der Waals surface area contributed by atoms with Crippen LogP contribution in [0.1, 0.15) is 27.7 Å². The highest BCUT2D eigenvalue weighted by Gasteiger charge is 2.15. The van der Waals surface area contributed by atoms with Crippen LogP contribution in [0.4, 0.5) is 9.80 Å². The average molecular weight is 304 g/mol. The van der Waals surface area contributed by atoms with Crippen molar-refractivity contribution in [3.8, 4) is 5.75 Å². The zero-order valence-electron chi connectivity index (χ0n) is 11.8. The van der Waals surface area contributed by atoms with Crippen LogP contribution < -0.4 is 15.8 Å². The number of thiophene rings is 1. The van der Waals surface area contributed by atoms with Gasteiger partial charge in [0.15, 0.2) is 5.78 Å². The van der Waals surface area contributed by atoms with E-state index in [-0.39, 0.29) is 5.78 Å². The van der Waals surface area contributed by atoms with Gasteiger partial charge in [0.2, 0.25) is 0 Å². The van der Waals surface area contributed by atoms with Crippen molar-refractivity contribution in [2.24, 2.45) is 5.73 Å². The number of rotatable bonds is 5. The van der Waals surface area contributed by atoms with Crippen LogP contribution in [0.5, 0.6) is 5.75 Å². The molecule has 0 fully saturated rings. The number of carbonyl (C=O) groups excluding carboxylic acids is 2. The molecule has 6 heteroatoms. The van der Waals surface area contributed by atoms with E-state index in [2.05, 4.69) is 5.32 Å². The summed E-state index contributed by atoms with van der Waals surface area (Å²) in [6.45, 7) is 1.46. The van der Waals surface area contributed by atoms with E-state index in [0.717, 1.165) is 16.2 Å². The first kappa shape index (κ1) is 15.1. The molecule has 0 unspecified atom stereocenters. The van der Waals surface area contributed by atoms with Crippen molar-refractivity contribution in [1.29, 1.82) is 0 Å². The Morgan fingerprint density at radius 3 is 2.67 bits per heavy atom. The number of urea groups is 1. The highest BCUT2D eigenvalue weighted by Crippen LogP contribution is 2.32. The van der Waals surface area contributed by atoms with Gasteiger partial charge in [0, 0.05) is 11.3 Å². The molecule has 1 heterocycles. The summed E-state index contributed by atoms with van der Waals surface area (Å²) in [6.07, 6.45) is 0.620. The van der Waals surface area contributed by atoms with E-state index in [9.17, 15) is 9.59 Å². The van der Waals surface area contributed by atoms with Gasteiger partial charge in [-0.2, -0.15) is 0 Å². The summed E-state index contributed by atoms with van der Waals surface area (Å²) in [5, 5.41) is 2.98. The lowest BCUT2D eigenvalue weighted by molar-refractivity contribution is 0.101. The van der Waals surface area contributed by atoms with Gasteiger partial charge in [-0.1, -0.05) is 18.2 Å². The minimum Gasteiger partial charge on any atom is -0.496 e. The summed E-state index contributed by atoms with van der Waals surface area (Å²) in [6, 6.07) is 8.79. The van der Waals surface area contributed by atoms with Gasteiger partial charge >= 0.3 is 6.03 Å².